The first-order chi connectivity index (χ1) is 13.9. The molecule has 156 valence electrons. The van der Waals surface area contributed by atoms with Gasteiger partial charge in [-0.05, 0) is 37.1 Å². The molecule has 5 heteroatoms. The molecule has 0 amide bonds. The molecule has 1 aliphatic heterocycles. The highest BCUT2D eigenvalue weighted by Gasteiger charge is 2.40. The lowest BCUT2D eigenvalue weighted by molar-refractivity contribution is -0.166. The van der Waals surface area contributed by atoms with E-state index in [1.807, 2.05) is 68.4 Å². The smallest absolute Gasteiger partial charge is 0.163 e. The first kappa shape index (κ1) is 21.5. The molecule has 29 heavy (non-hydrogen) atoms. The molecule has 0 aliphatic carbocycles. The number of hydrogen-bond donors (Lipinski definition) is 1. The number of methoxy groups -OCH3 is 1. The lowest BCUT2D eigenvalue weighted by Gasteiger charge is -2.32. The molecular weight excluding hydrogens is 368 g/mol. The summed E-state index contributed by atoms with van der Waals surface area (Å²) < 4.78 is 23.4. The van der Waals surface area contributed by atoms with E-state index in [1.54, 1.807) is 13.2 Å². The predicted octanol–water partition coefficient (Wildman–Crippen LogP) is 4.37. The Morgan fingerprint density at radius 3 is 2.45 bits per heavy atom. The van der Waals surface area contributed by atoms with Gasteiger partial charge in [0.2, 0.25) is 0 Å². The van der Waals surface area contributed by atoms with E-state index in [1.165, 1.54) is 0 Å². The van der Waals surface area contributed by atoms with Gasteiger partial charge < -0.3 is 24.1 Å². The number of hydrogen-bond acceptors (Lipinski definition) is 5. The van der Waals surface area contributed by atoms with Gasteiger partial charge in [0.25, 0.3) is 0 Å². The second kappa shape index (κ2) is 9.09. The zero-order valence-corrected chi connectivity index (χ0v) is 17.3. The summed E-state index contributed by atoms with van der Waals surface area (Å²) in [5, 5.41) is 11.3. The Morgan fingerprint density at radius 1 is 1.21 bits per heavy atom. The van der Waals surface area contributed by atoms with Crippen molar-refractivity contribution in [3.8, 4) is 5.75 Å². The average molecular weight is 398 g/mol. The highest BCUT2D eigenvalue weighted by atomic mass is 16.7. The lowest BCUT2D eigenvalue weighted by atomic mass is 9.91. The summed E-state index contributed by atoms with van der Waals surface area (Å²) in [6.07, 6.45) is 1.39. The maximum Gasteiger partial charge on any atom is 0.163 e. The average Bonchev–Trinajstić information content (AvgIpc) is 3.09. The van der Waals surface area contributed by atoms with Crippen molar-refractivity contribution >= 4 is 0 Å². The van der Waals surface area contributed by atoms with E-state index in [-0.39, 0.29) is 12.7 Å². The fourth-order valence-electron chi connectivity index (χ4n) is 3.55. The van der Waals surface area contributed by atoms with Gasteiger partial charge in [0.15, 0.2) is 5.79 Å². The van der Waals surface area contributed by atoms with Gasteiger partial charge in [-0.2, -0.15) is 0 Å². The summed E-state index contributed by atoms with van der Waals surface area (Å²) >= 11 is 0. The monoisotopic (exact) mass is 398 g/mol. The largest absolute Gasteiger partial charge is 0.497 e. The second-order valence-electron chi connectivity index (χ2n) is 7.76. The molecule has 5 nitrogen and oxygen atoms in total. The fraction of sp³-hybridized carbons (Fsp3) is 0.417. The minimum absolute atomic E-state index is 0.0972. The standard InChI is InChI=1S/C24H30O5/c1-5-15-24(25,19-9-7-6-8-10-19)17-27-22(21-16-28-23(2,3)29-21)18-11-13-20(26-4)14-12-18/h5-14,21-22,25H,1,15-17H2,2-4H3/t21-,22-,24-/m1/s1. The molecule has 0 unspecified atom stereocenters. The first-order valence-electron chi connectivity index (χ1n) is 9.83. The van der Waals surface area contributed by atoms with Gasteiger partial charge in [-0.25, -0.2) is 0 Å². The Kier molecular flexibility index (Phi) is 6.75. The van der Waals surface area contributed by atoms with Crippen LogP contribution in [0.15, 0.2) is 67.3 Å². The topological polar surface area (TPSA) is 57.2 Å². The molecule has 2 aromatic rings. The van der Waals surface area contributed by atoms with Crippen LogP contribution in [0.5, 0.6) is 5.75 Å². The van der Waals surface area contributed by atoms with Crippen LogP contribution >= 0.6 is 0 Å². The van der Waals surface area contributed by atoms with Crippen LogP contribution < -0.4 is 4.74 Å². The van der Waals surface area contributed by atoms with Crippen molar-refractivity contribution in [2.75, 3.05) is 20.3 Å². The Labute approximate surface area is 172 Å². The van der Waals surface area contributed by atoms with E-state index >= 15 is 0 Å². The summed E-state index contributed by atoms with van der Waals surface area (Å²) in [4.78, 5) is 0. The highest BCUT2D eigenvalue weighted by Crippen LogP contribution is 2.36. The Hall–Kier alpha value is -2.18. The van der Waals surface area contributed by atoms with Crippen LogP contribution in [0.3, 0.4) is 0 Å². The minimum Gasteiger partial charge on any atom is -0.497 e. The molecule has 3 atom stereocenters. The Balaban J connectivity index is 1.84. The van der Waals surface area contributed by atoms with Crippen molar-refractivity contribution < 1.29 is 24.1 Å². The summed E-state index contributed by atoms with van der Waals surface area (Å²) in [7, 11) is 1.63. The maximum absolute atomic E-state index is 11.3. The molecule has 0 saturated carbocycles. The van der Waals surface area contributed by atoms with Gasteiger partial charge in [0.05, 0.1) is 20.3 Å². The predicted molar refractivity (Wildman–Crippen MR) is 112 cm³/mol. The lowest BCUT2D eigenvalue weighted by Crippen LogP contribution is -2.35. The molecule has 1 aliphatic rings. The quantitative estimate of drug-likeness (QED) is 0.636. The summed E-state index contributed by atoms with van der Waals surface area (Å²) in [5.74, 6) is 0.0964. The first-order valence-corrected chi connectivity index (χ1v) is 9.83. The molecule has 1 saturated heterocycles. The van der Waals surface area contributed by atoms with E-state index < -0.39 is 17.5 Å². The normalized spacial score (nSPS) is 21.3. The van der Waals surface area contributed by atoms with Gasteiger partial charge >= 0.3 is 0 Å². The van der Waals surface area contributed by atoms with Crippen molar-refractivity contribution in [1.29, 1.82) is 0 Å². The van der Waals surface area contributed by atoms with E-state index in [4.69, 9.17) is 18.9 Å². The number of rotatable bonds is 9. The molecule has 2 aromatic carbocycles. The third kappa shape index (κ3) is 5.25. The molecule has 1 fully saturated rings. The van der Waals surface area contributed by atoms with E-state index in [9.17, 15) is 5.11 Å². The molecule has 3 rings (SSSR count). The van der Waals surface area contributed by atoms with Crippen LogP contribution in [0, 0.1) is 0 Å². The van der Waals surface area contributed by atoms with Crippen molar-refractivity contribution in [2.24, 2.45) is 0 Å². The van der Waals surface area contributed by atoms with Gasteiger partial charge in [-0.1, -0.05) is 48.5 Å². The molecule has 0 aromatic heterocycles. The zero-order valence-electron chi connectivity index (χ0n) is 17.3. The fourth-order valence-corrected chi connectivity index (χ4v) is 3.55. The van der Waals surface area contributed by atoms with Crippen molar-refractivity contribution in [3.63, 3.8) is 0 Å². The van der Waals surface area contributed by atoms with Crippen LogP contribution in [0.2, 0.25) is 0 Å². The maximum atomic E-state index is 11.3. The Bertz CT molecular complexity index is 787. The third-order valence-electron chi connectivity index (χ3n) is 5.11. The molecule has 0 spiro atoms. The molecule has 1 heterocycles. The van der Waals surface area contributed by atoms with Crippen LogP contribution in [0.1, 0.15) is 37.5 Å². The van der Waals surface area contributed by atoms with E-state index in [0.717, 1.165) is 16.9 Å². The highest BCUT2D eigenvalue weighted by molar-refractivity contribution is 5.29. The number of benzene rings is 2. The number of aliphatic hydroxyl groups is 1. The summed E-state index contributed by atoms with van der Waals surface area (Å²) in [5.41, 5.74) is 0.548. The summed E-state index contributed by atoms with van der Waals surface area (Å²) in [6.45, 7) is 8.08. The molecular formula is C24H30O5. The van der Waals surface area contributed by atoms with Gasteiger partial charge in [-0.15, -0.1) is 6.58 Å². The SMILES string of the molecule is C=CC[C@@](O)(CO[C@H](c1ccc(OC)cc1)[C@H]1COC(C)(C)O1)c1ccccc1. The van der Waals surface area contributed by atoms with Crippen LogP contribution in [-0.2, 0) is 19.8 Å². The molecule has 0 radical (unpaired) electrons. The van der Waals surface area contributed by atoms with Crippen LogP contribution in [0.4, 0.5) is 0 Å². The van der Waals surface area contributed by atoms with Crippen molar-refractivity contribution in [3.05, 3.63) is 78.4 Å². The van der Waals surface area contributed by atoms with Gasteiger partial charge in [0.1, 0.15) is 23.6 Å². The van der Waals surface area contributed by atoms with Gasteiger partial charge in [0, 0.05) is 6.42 Å². The Morgan fingerprint density at radius 2 is 1.90 bits per heavy atom. The molecule has 1 N–H and O–H groups in total. The zero-order chi connectivity index (χ0) is 20.9. The van der Waals surface area contributed by atoms with E-state index in [2.05, 4.69) is 6.58 Å². The van der Waals surface area contributed by atoms with Crippen LogP contribution in [0.25, 0.3) is 0 Å². The van der Waals surface area contributed by atoms with Crippen molar-refractivity contribution in [2.45, 2.75) is 43.9 Å². The minimum atomic E-state index is -1.18. The third-order valence-corrected chi connectivity index (χ3v) is 5.11. The van der Waals surface area contributed by atoms with E-state index in [0.29, 0.717) is 13.0 Å². The van der Waals surface area contributed by atoms with Crippen molar-refractivity contribution in [1.82, 2.24) is 0 Å². The van der Waals surface area contributed by atoms with Crippen LogP contribution in [-0.4, -0.2) is 37.3 Å². The summed E-state index contributed by atoms with van der Waals surface area (Å²) in [6, 6.07) is 17.2. The number of ether oxygens (including phenoxy) is 4. The molecule has 0 bridgehead atoms. The second-order valence-corrected chi connectivity index (χ2v) is 7.76. The van der Waals surface area contributed by atoms with Gasteiger partial charge in [-0.3, -0.25) is 0 Å².